The molecule has 2 aromatic rings. The van der Waals surface area contributed by atoms with Crippen molar-refractivity contribution < 1.29 is 4.79 Å². The minimum atomic E-state index is 0.269. The monoisotopic (exact) mass is 315 g/mol. The lowest BCUT2D eigenvalue weighted by Gasteiger charge is -2.30. The van der Waals surface area contributed by atoms with E-state index in [4.69, 9.17) is 0 Å². The highest BCUT2D eigenvalue weighted by Crippen LogP contribution is 2.22. The van der Waals surface area contributed by atoms with Gasteiger partial charge in [-0.1, -0.05) is 6.92 Å². The van der Waals surface area contributed by atoms with Crippen molar-refractivity contribution in [2.75, 3.05) is 13.1 Å². The molecule has 1 saturated heterocycles. The lowest BCUT2D eigenvalue weighted by atomic mass is 9.99. The topological polar surface area (TPSA) is 46.1 Å². The van der Waals surface area contributed by atoms with E-state index in [0.717, 1.165) is 54.5 Å². The summed E-state index contributed by atoms with van der Waals surface area (Å²) in [5.74, 6) is 1.02. The number of carbonyl (C=O) groups excluding carboxylic acids is 1. The van der Waals surface area contributed by atoms with Crippen molar-refractivity contribution in [3.63, 3.8) is 0 Å². The molecule has 1 amide bonds. The van der Waals surface area contributed by atoms with Crippen LogP contribution in [0.3, 0.4) is 0 Å². The summed E-state index contributed by atoms with van der Waals surface area (Å²) < 4.78 is 0. The van der Waals surface area contributed by atoms with Crippen molar-refractivity contribution >= 4 is 17.2 Å². The van der Waals surface area contributed by atoms with Gasteiger partial charge in [0.15, 0.2) is 0 Å². The normalized spacial score (nSPS) is 16.0. The van der Waals surface area contributed by atoms with Gasteiger partial charge in [0, 0.05) is 49.3 Å². The van der Waals surface area contributed by atoms with E-state index in [0.29, 0.717) is 6.42 Å². The quantitative estimate of drug-likeness (QED) is 0.869. The van der Waals surface area contributed by atoms with Crippen LogP contribution in [0.2, 0.25) is 0 Å². The van der Waals surface area contributed by atoms with Crippen LogP contribution in [-0.2, 0) is 11.2 Å². The maximum Gasteiger partial charge on any atom is 0.222 e. The Labute approximate surface area is 135 Å². The van der Waals surface area contributed by atoms with Crippen LogP contribution in [0.4, 0.5) is 0 Å². The van der Waals surface area contributed by atoms with Gasteiger partial charge >= 0.3 is 0 Å². The number of hydrogen-bond donors (Lipinski definition) is 0. The largest absolute Gasteiger partial charge is 0.343 e. The van der Waals surface area contributed by atoms with E-state index in [1.807, 2.05) is 28.6 Å². The van der Waals surface area contributed by atoms with Crippen LogP contribution in [0, 0.1) is 5.92 Å². The van der Waals surface area contributed by atoms with E-state index < -0.39 is 0 Å². The van der Waals surface area contributed by atoms with E-state index in [-0.39, 0.29) is 5.91 Å². The second-order valence-corrected chi connectivity index (χ2v) is 6.87. The van der Waals surface area contributed by atoms with Crippen LogP contribution >= 0.6 is 11.3 Å². The molecule has 1 fully saturated rings. The second-order valence-electron chi connectivity index (χ2n) is 5.93. The maximum atomic E-state index is 12.2. The third-order valence-corrected chi connectivity index (χ3v) is 5.11. The minimum Gasteiger partial charge on any atom is -0.343 e. The highest BCUT2D eigenvalue weighted by atomic mass is 32.1. The Morgan fingerprint density at radius 1 is 1.41 bits per heavy atom. The molecule has 0 saturated carbocycles. The first-order valence-electron chi connectivity index (χ1n) is 7.85. The molecule has 0 radical (unpaired) electrons. The molecule has 0 bridgehead atoms. The molecule has 3 rings (SSSR count). The van der Waals surface area contributed by atoms with Crippen LogP contribution in [0.1, 0.15) is 31.2 Å². The Hall–Kier alpha value is -1.75. The number of pyridine rings is 1. The highest BCUT2D eigenvalue weighted by Gasteiger charge is 2.20. The van der Waals surface area contributed by atoms with Crippen molar-refractivity contribution in [1.82, 2.24) is 14.9 Å². The summed E-state index contributed by atoms with van der Waals surface area (Å²) in [4.78, 5) is 23.0. The summed E-state index contributed by atoms with van der Waals surface area (Å²) in [6.07, 6.45) is 7.14. The number of amides is 1. The molecule has 2 aromatic heterocycles. The third kappa shape index (κ3) is 3.71. The molecule has 1 aliphatic rings. The first kappa shape index (κ1) is 15.2. The van der Waals surface area contributed by atoms with Crippen LogP contribution in [0.25, 0.3) is 11.3 Å². The lowest BCUT2D eigenvalue weighted by Crippen LogP contribution is -2.37. The van der Waals surface area contributed by atoms with Gasteiger partial charge in [-0.3, -0.25) is 9.78 Å². The Morgan fingerprint density at radius 2 is 2.23 bits per heavy atom. The van der Waals surface area contributed by atoms with E-state index >= 15 is 0 Å². The van der Waals surface area contributed by atoms with E-state index in [1.54, 1.807) is 17.5 Å². The fraction of sp³-hybridized carbons (Fsp3) is 0.471. The Morgan fingerprint density at radius 3 is 2.95 bits per heavy atom. The molecular weight excluding hydrogens is 294 g/mol. The minimum absolute atomic E-state index is 0.269. The summed E-state index contributed by atoms with van der Waals surface area (Å²) in [5, 5.41) is 3.07. The van der Waals surface area contributed by atoms with Crippen molar-refractivity contribution in [3.8, 4) is 11.3 Å². The SMILES string of the molecule is CC1CCN(C(=O)CCc2nc(-c3cccnc3)cs2)CC1. The number of rotatable bonds is 4. The molecule has 22 heavy (non-hydrogen) atoms. The summed E-state index contributed by atoms with van der Waals surface area (Å²) in [5.41, 5.74) is 1.98. The van der Waals surface area contributed by atoms with Crippen LogP contribution in [0.15, 0.2) is 29.9 Å². The van der Waals surface area contributed by atoms with Gasteiger partial charge in [0.1, 0.15) is 0 Å². The van der Waals surface area contributed by atoms with E-state index in [2.05, 4.69) is 16.9 Å². The van der Waals surface area contributed by atoms with Crippen molar-refractivity contribution in [3.05, 3.63) is 34.9 Å². The van der Waals surface area contributed by atoms with E-state index in [9.17, 15) is 4.79 Å². The first-order chi connectivity index (χ1) is 10.7. The lowest BCUT2D eigenvalue weighted by molar-refractivity contribution is -0.132. The number of nitrogens with zero attached hydrogens (tertiary/aromatic N) is 3. The number of carbonyl (C=O) groups is 1. The summed E-state index contributed by atoms with van der Waals surface area (Å²) in [6.45, 7) is 4.09. The predicted octanol–water partition coefficient (Wildman–Crippen LogP) is 3.40. The first-order valence-corrected chi connectivity index (χ1v) is 8.73. The molecule has 5 heteroatoms. The average molecular weight is 315 g/mol. The van der Waals surface area contributed by atoms with Gasteiger partial charge in [0.2, 0.25) is 5.91 Å². The van der Waals surface area contributed by atoms with Crippen LogP contribution in [0.5, 0.6) is 0 Å². The standard InChI is InChI=1S/C17H21N3OS/c1-13-6-9-20(10-7-13)17(21)5-4-16-19-15(12-22-16)14-3-2-8-18-11-14/h2-3,8,11-13H,4-7,9-10H2,1H3. The Balaban J connectivity index is 1.54. The van der Waals surface area contributed by atoms with Crippen molar-refractivity contribution in [2.45, 2.75) is 32.6 Å². The van der Waals surface area contributed by atoms with Gasteiger partial charge in [-0.05, 0) is 30.9 Å². The molecule has 116 valence electrons. The highest BCUT2D eigenvalue weighted by molar-refractivity contribution is 7.09. The second kappa shape index (κ2) is 7.01. The third-order valence-electron chi connectivity index (χ3n) is 4.20. The fourth-order valence-electron chi connectivity index (χ4n) is 2.70. The molecule has 0 spiro atoms. The number of aromatic nitrogens is 2. The number of thiazole rings is 1. The molecule has 0 aromatic carbocycles. The van der Waals surface area contributed by atoms with Crippen molar-refractivity contribution in [1.29, 1.82) is 0 Å². The molecule has 3 heterocycles. The zero-order chi connectivity index (χ0) is 15.4. The molecule has 0 aliphatic carbocycles. The number of aryl methyl sites for hydroxylation is 1. The molecule has 0 unspecified atom stereocenters. The van der Waals surface area contributed by atoms with E-state index in [1.165, 1.54) is 0 Å². The molecule has 0 N–H and O–H groups in total. The number of likely N-dealkylation sites (tertiary alicyclic amines) is 1. The van der Waals surface area contributed by atoms with Gasteiger partial charge in [0.25, 0.3) is 0 Å². The smallest absolute Gasteiger partial charge is 0.222 e. The number of hydrogen-bond acceptors (Lipinski definition) is 4. The Kier molecular flexibility index (Phi) is 4.83. The van der Waals surface area contributed by atoms with Gasteiger partial charge in [0.05, 0.1) is 10.7 Å². The molecule has 1 aliphatic heterocycles. The van der Waals surface area contributed by atoms with Gasteiger partial charge in [-0.25, -0.2) is 4.98 Å². The summed E-state index contributed by atoms with van der Waals surface area (Å²) in [7, 11) is 0. The van der Waals surface area contributed by atoms with Gasteiger partial charge in [-0.15, -0.1) is 11.3 Å². The zero-order valence-electron chi connectivity index (χ0n) is 12.9. The van der Waals surface area contributed by atoms with Gasteiger partial charge in [-0.2, -0.15) is 0 Å². The molecular formula is C17H21N3OS. The zero-order valence-corrected chi connectivity index (χ0v) is 13.7. The van der Waals surface area contributed by atoms with Gasteiger partial charge < -0.3 is 4.90 Å². The summed E-state index contributed by atoms with van der Waals surface area (Å²) in [6, 6.07) is 3.92. The fourth-order valence-corrected chi connectivity index (χ4v) is 3.51. The molecule has 0 atom stereocenters. The predicted molar refractivity (Wildman–Crippen MR) is 88.6 cm³/mol. The maximum absolute atomic E-state index is 12.2. The Bertz CT molecular complexity index is 618. The van der Waals surface area contributed by atoms with Crippen LogP contribution < -0.4 is 0 Å². The van der Waals surface area contributed by atoms with Crippen LogP contribution in [-0.4, -0.2) is 33.9 Å². The average Bonchev–Trinajstić information content (AvgIpc) is 3.03. The molecule has 4 nitrogen and oxygen atoms in total. The summed E-state index contributed by atoms with van der Waals surface area (Å²) >= 11 is 1.62. The van der Waals surface area contributed by atoms with Crippen molar-refractivity contribution in [2.24, 2.45) is 5.92 Å². The number of piperidine rings is 1.